The fraction of sp³-hybridized carbons (Fsp3) is 0.188. The molecular formula is C16H13Cl2NO4. The number of nitro benzene ring substituents is 1. The Kier molecular flexibility index (Phi) is 5.96. The fourth-order valence-electron chi connectivity index (χ4n) is 1.97. The van der Waals surface area contributed by atoms with E-state index in [2.05, 4.69) is 0 Å². The van der Waals surface area contributed by atoms with Crippen LogP contribution < -0.4 is 4.74 Å². The lowest BCUT2D eigenvalue weighted by molar-refractivity contribution is -0.384. The lowest BCUT2D eigenvalue weighted by Crippen LogP contribution is -2.08. The second-order valence-corrected chi connectivity index (χ2v) is 5.66. The van der Waals surface area contributed by atoms with Gasteiger partial charge in [-0.15, -0.1) is 0 Å². The molecule has 2 aromatic rings. The first kappa shape index (κ1) is 17.2. The summed E-state index contributed by atoms with van der Waals surface area (Å²) in [5.41, 5.74) is 0.862. The van der Waals surface area contributed by atoms with Crippen molar-refractivity contribution in [2.24, 2.45) is 0 Å². The van der Waals surface area contributed by atoms with E-state index in [1.54, 1.807) is 12.1 Å². The molecule has 0 N–H and O–H groups in total. The van der Waals surface area contributed by atoms with Gasteiger partial charge in [-0.3, -0.25) is 14.9 Å². The van der Waals surface area contributed by atoms with Gasteiger partial charge in [0.1, 0.15) is 5.75 Å². The monoisotopic (exact) mass is 353 g/mol. The van der Waals surface area contributed by atoms with Gasteiger partial charge in [-0.2, -0.15) is 0 Å². The van der Waals surface area contributed by atoms with Crippen LogP contribution >= 0.6 is 23.2 Å². The van der Waals surface area contributed by atoms with E-state index in [4.69, 9.17) is 27.9 Å². The van der Waals surface area contributed by atoms with Crippen LogP contribution in [0.5, 0.6) is 5.75 Å². The molecular weight excluding hydrogens is 341 g/mol. The standard InChI is InChI=1S/C16H13Cl2NO4/c17-12-5-4-11(15(18)10-12)2-1-3-16(20)23-14-8-6-13(7-9-14)19(21)22/h4-10H,1-3H2. The topological polar surface area (TPSA) is 69.4 Å². The maximum Gasteiger partial charge on any atom is 0.311 e. The van der Waals surface area contributed by atoms with Gasteiger partial charge < -0.3 is 4.74 Å². The lowest BCUT2D eigenvalue weighted by atomic mass is 10.1. The summed E-state index contributed by atoms with van der Waals surface area (Å²) >= 11 is 11.9. The van der Waals surface area contributed by atoms with Gasteiger partial charge in [0.2, 0.25) is 0 Å². The molecule has 0 amide bonds. The minimum absolute atomic E-state index is 0.0535. The van der Waals surface area contributed by atoms with Gasteiger partial charge in [0.15, 0.2) is 0 Å². The van der Waals surface area contributed by atoms with E-state index in [-0.39, 0.29) is 17.9 Å². The average molecular weight is 354 g/mol. The number of ether oxygens (including phenoxy) is 1. The van der Waals surface area contributed by atoms with Crippen LogP contribution in [0.25, 0.3) is 0 Å². The van der Waals surface area contributed by atoms with E-state index < -0.39 is 10.9 Å². The predicted octanol–water partition coefficient (Wildman–Crippen LogP) is 4.83. The number of hydrogen-bond acceptors (Lipinski definition) is 4. The first-order valence-electron chi connectivity index (χ1n) is 6.85. The van der Waals surface area contributed by atoms with E-state index >= 15 is 0 Å². The molecule has 0 fully saturated rings. The van der Waals surface area contributed by atoms with Gasteiger partial charge in [-0.1, -0.05) is 29.3 Å². The zero-order valence-corrected chi connectivity index (χ0v) is 13.5. The molecule has 0 unspecified atom stereocenters. The number of carbonyl (C=O) groups is 1. The number of rotatable bonds is 6. The normalized spacial score (nSPS) is 10.3. The molecule has 23 heavy (non-hydrogen) atoms. The number of carbonyl (C=O) groups excluding carboxylic acids is 1. The number of nitro groups is 1. The highest BCUT2D eigenvalue weighted by Gasteiger charge is 2.09. The summed E-state index contributed by atoms with van der Waals surface area (Å²) in [5.74, 6) is -0.117. The third-order valence-electron chi connectivity index (χ3n) is 3.12. The third-order valence-corrected chi connectivity index (χ3v) is 3.71. The molecule has 0 heterocycles. The van der Waals surface area contributed by atoms with E-state index in [0.29, 0.717) is 22.9 Å². The first-order valence-corrected chi connectivity index (χ1v) is 7.60. The maximum absolute atomic E-state index is 11.8. The van der Waals surface area contributed by atoms with E-state index in [1.165, 1.54) is 24.3 Å². The minimum atomic E-state index is -0.512. The number of halogens is 2. The minimum Gasteiger partial charge on any atom is -0.427 e. The molecule has 5 nitrogen and oxygen atoms in total. The number of nitrogens with zero attached hydrogens (tertiary/aromatic N) is 1. The Morgan fingerprint density at radius 2 is 1.83 bits per heavy atom. The van der Waals surface area contributed by atoms with Gasteiger partial charge in [0.25, 0.3) is 5.69 Å². The number of non-ortho nitro benzene ring substituents is 1. The molecule has 0 atom stereocenters. The number of hydrogen-bond donors (Lipinski definition) is 0. The van der Waals surface area contributed by atoms with E-state index in [0.717, 1.165) is 5.56 Å². The van der Waals surface area contributed by atoms with Gasteiger partial charge in [0, 0.05) is 28.6 Å². The van der Waals surface area contributed by atoms with E-state index in [9.17, 15) is 14.9 Å². The Hall–Kier alpha value is -2.11. The van der Waals surface area contributed by atoms with E-state index in [1.807, 2.05) is 6.07 Å². The Morgan fingerprint density at radius 1 is 1.13 bits per heavy atom. The second-order valence-electron chi connectivity index (χ2n) is 4.81. The molecule has 2 aromatic carbocycles. The number of esters is 1. The largest absolute Gasteiger partial charge is 0.427 e. The van der Waals surface area contributed by atoms with Gasteiger partial charge >= 0.3 is 5.97 Å². The highest BCUT2D eigenvalue weighted by atomic mass is 35.5. The summed E-state index contributed by atoms with van der Waals surface area (Å²) < 4.78 is 5.12. The van der Waals surface area contributed by atoms with Crippen LogP contribution in [-0.4, -0.2) is 10.9 Å². The quantitative estimate of drug-likeness (QED) is 0.322. The van der Waals surface area contributed by atoms with Crippen molar-refractivity contribution in [1.82, 2.24) is 0 Å². The van der Waals surface area contributed by atoms with Crippen LogP contribution in [0.1, 0.15) is 18.4 Å². The van der Waals surface area contributed by atoms with Crippen molar-refractivity contribution in [2.45, 2.75) is 19.3 Å². The highest BCUT2D eigenvalue weighted by Crippen LogP contribution is 2.23. The molecule has 7 heteroatoms. The molecule has 0 aliphatic carbocycles. The van der Waals surface area contributed by atoms with Crippen LogP contribution in [0.4, 0.5) is 5.69 Å². The zero-order valence-electron chi connectivity index (χ0n) is 12.0. The van der Waals surface area contributed by atoms with Crippen LogP contribution in [0, 0.1) is 10.1 Å². The number of benzene rings is 2. The molecule has 120 valence electrons. The zero-order chi connectivity index (χ0) is 16.8. The van der Waals surface area contributed by atoms with Gasteiger partial charge in [0.05, 0.1) is 4.92 Å². The smallest absolute Gasteiger partial charge is 0.311 e. The van der Waals surface area contributed by atoms with Crippen molar-refractivity contribution in [1.29, 1.82) is 0 Å². The van der Waals surface area contributed by atoms with Crippen LogP contribution in [0.2, 0.25) is 10.0 Å². The molecule has 0 saturated heterocycles. The van der Waals surface area contributed by atoms with Crippen LogP contribution in [-0.2, 0) is 11.2 Å². The van der Waals surface area contributed by atoms with Crippen LogP contribution in [0.3, 0.4) is 0 Å². The molecule has 0 aliphatic heterocycles. The third kappa shape index (κ3) is 5.23. The average Bonchev–Trinajstić information content (AvgIpc) is 2.50. The highest BCUT2D eigenvalue weighted by molar-refractivity contribution is 6.35. The van der Waals surface area contributed by atoms with Gasteiger partial charge in [-0.25, -0.2) is 0 Å². The second kappa shape index (κ2) is 7.94. The van der Waals surface area contributed by atoms with Crippen molar-refractivity contribution < 1.29 is 14.5 Å². The Labute approximate surface area is 142 Å². The molecule has 0 aliphatic rings. The Bertz CT molecular complexity index is 717. The lowest BCUT2D eigenvalue weighted by Gasteiger charge is -2.06. The Balaban J connectivity index is 1.82. The van der Waals surface area contributed by atoms with Crippen molar-refractivity contribution in [3.63, 3.8) is 0 Å². The van der Waals surface area contributed by atoms with Crippen molar-refractivity contribution >= 4 is 34.9 Å². The molecule has 0 spiro atoms. The van der Waals surface area contributed by atoms with Crippen molar-refractivity contribution in [2.75, 3.05) is 0 Å². The SMILES string of the molecule is O=C(CCCc1ccc(Cl)cc1Cl)Oc1ccc([N+](=O)[O-])cc1. The van der Waals surface area contributed by atoms with Crippen LogP contribution in [0.15, 0.2) is 42.5 Å². The summed E-state index contributed by atoms with van der Waals surface area (Å²) in [6.07, 6.45) is 1.43. The first-order chi connectivity index (χ1) is 11.0. The summed E-state index contributed by atoms with van der Waals surface area (Å²) in [6.45, 7) is 0. The fourth-order valence-corrected chi connectivity index (χ4v) is 2.47. The number of aryl methyl sites for hydroxylation is 1. The van der Waals surface area contributed by atoms with Gasteiger partial charge in [-0.05, 0) is 42.7 Å². The predicted molar refractivity (Wildman–Crippen MR) is 88.1 cm³/mol. The molecule has 2 rings (SSSR count). The van der Waals surface area contributed by atoms with Crippen molar-refractivity contribution in [3.8, 4) is 5.75 Å². The molecule has 0 saturated carbocycles. The van der Waals surface area contributed by atoms with Crippen molar-refractivity contribution in [3.05, 3.63) is 68.2 Å². The summed E-state index contributed by atoms with van der Waals surface area (Å²) in [4.78, 5) is 21.8. The molecule has 0 radical (unpaired) electrons. The Morgan fingerprint density at radius 3 is 2.43 bits per heavy atom. The summed E-state index contributed by atoms with van der Waals surface area (Å²) in [6, 6.07) is 10.6. The molecule has 0 bridgehead atoms. The summed E-state index contributed by atoms with van der Waals surface area (Å²) in [5, 5.41) is 11.7. The summed E-state index contributed by atoms with van der Waals surface area (Å²) in [7, 11) is 0. The molecule has 0 aromatic heterocycles. The maximum atomic E-state index is 11.8.